The van der Waals surface area contributed by atoms with Crippen molar-refractivity contribution >= 4 is 63.7 Å². The Labute approximate surface area is 672 Å². The predicted molar refractivity (Wildman–Crippen MR) is 474 cm³/mol. The van der Waals surface area contributed by atoms with Crippen molar-refractivity contribution in [1.29, 1.82) is 0 Å². The number of rotatable bonds is 31. The average Bonchev–Trinajstić information content (AvgIpc) is 1.54. The normalized spacial score (nSPS) is 15.0. The first kappa shape index (κ1) is 74.8. The summed E-state index contributed by atoms with van der Waals surface area (Å²) >= 11 is 3.60. The van der Waals surface area contributed by atoms with Gasteiger partial charge in [0.1, 0.15) is 11.5 Å². The molecular formula is C106H98N2O2S2. The van der Waals surface area contributed by atoms with Crippen LogP contribution < -0.4 is 19.3 Å². The maximum atomic E-state index is 6.64. The summed E-state index contributed by atoms with van der Waals surface area (Å²) in [5, 5.41) is 0. The van der Waals surface area contributed by atoms with Crippen LogP contribution >= 0.6 is 23.5 Å². The van der Waals surface area contributed by atoms with Crippen LogP contribution in [0.15, 0.2) is 366 Å². The summed E-state index contributed by atoms with van der Waals surface area (Å²) in [7, 11) is 0. The highest BCUT2D eigenvalue weighted by atomic mass is 32.2. The minimum Gasteiger partial charge on any atom is -0.493 e. The fourth-order valence-corrected chi connectivity index (χ4v) is 18.8. The largest absolute Gasteiger partial charge is 0.493 e. The molecule has 4 unspecified atom stereocenters. The highest BCUT2D eigenvalue weighted by Gasteiger charge is 2.48. The molecule has 2 aliphatic carbocycles. The fourth-order valence-electron chi connectivity index (χ4n) is 17.2. The smallest absolute Gasteiger partial charge is 0.119 e. The zero-order valence-electron chi connectivity index (χ0n) is 65.1. The lowest BCUT2D eigenvalue weighted by Crippen LogP contribution is -2.29. The zero-order chi connectivity index (χ0) is 76.4. The quantitative estimate of drug-likeness (QED) is 0.0429. The number of unbranched alkanes of at least 4 members (excludes halogenated alkanes) is 2. The molecule has 2 aliphatic rings. The van der Waals surface area contributed by atoms with E-state index in [1.807, 2.05) is 17.8 Å². The van der Waals surface area contributed by atoms with E-state index in [-0.39, 0.29) is 0 Å². The summed E-state index contributed by atoms with van der Waals surface area (Å²) in [6, 6.07) is 127. The standard InChI is InChI=1S/C106H98N2O2S2/c1-7-13-25-77(11-5)73-109-91-57-43-81(44-58-91)105(83-47-65-95(66-48-83)111-93-61-35-75(9-3)36-62-93)101-33-23-21-31-97(101)99-69-55-89(71-103(99)105)107(85-27-17-15-18-28-85)87-51-39-79(40-52-87)80-41-53-88(54-42-80)108(86-29-19-16-20-30-86)90-56-70-100-98-32-22-24-34-102(98)106(104(100)72-90,82-45-59-92(60-46-82)110-74-78(12-6)26-14-8-2)84-49-67-96(68-50-84)112-94-63-37-76(10-4)38-64-94/h9,15-24,27-72,77-78H,3,7-8,10-14,25-26,73-74H2,1-2,4-6H3. The molecule has 0 radical (unpaired) electrons. The van der Waals surface area contributed by atoms with E-state index in [1.54, 1.807) is 11.8 Å². The van der Waals surface area contributed by atoms with Gasteiger partial charge in [-0.1, -0.05) is 303 Å². The van der Waals surface area contributed by atoms with Crippen LogP contribution in [0.1, 0.15) is 142 Å². The Morgan fingerprint density at radius 1 is 0.330 bits per heavy atom. The van der Waals surface area contributed by atoms with E-state index in [0.29, 0.717) is 11.8 Å². The van der Waals surface area contributed by atoms with Crippen LogP contribution in [0.4, 0.5) is 34.1 Å². The average molecular weight is 1500 g/mol. The second kappa shape index (κ2) is 34.1. The van der Waals surface area contributed by atoms with Crippen molar-refractivity contribution < 1.29 is 9.47 Å². The third-order valence-electron chi connectivity index (χ3n) is 23.3. The lowest BCUT2D eigenvalue weighted by molar-refractivity contribution is 0.233. The third-order valence-corrected chi connectivity index (χ3v) is 25.3. The van der Waals surface area contributed by atoms with Gasteiger partial charge in [0.2, 0.25) is 0 Å². The molecule has 0 aliphatic heterocycles. The van der Waals surface area contributed by atoms with Crippen molar-refractivity contribution in [2.24, 2.45) is 11.8 Å². The molecule has 0 spiro atoms. The summed E-state index contributed by atoms with van der Waals surface area (Å²) in [6.07, 6.45) is 12.3. The molecule has 0 saturated carbocycles. The summed E-state index contributed by atoms with van der Waals surface area (Å²) in [5.41, 5.74) is 24.6. The molecule has 0 fully saturated rings. The van der Waals surface area contributed by atoms with Crippen molar-refractivity contribution in [3.63, 3.8) is 0 Å². The molecule has 0 aromatic heterocycles. The van der Waals surface area contributed by atoms with E-state index in [1.165, 1.54) is 130 Å². The number of aryl methyl sites for hydroxylation is 1. The van der Waals surface area contributed by atoms with Crippen molar-refractivity contribution in [1.82, 2.24) is 0 Å². The molecule has 0 heterocycles. The van der Waals surface area contributed by atoms with Crippen LogP contribution in [-0.4, -0.2) is 13.2 Å². The monoisotopic (exact) mass is 1490 g/mol. The molecule has 14 aromatic rings. The highest BCUT2D eigenvalue weighted by Crippen LogP contribution is 2.60. The lowest BCUT2D eigenvalue weighted by atomic mass is 9.67. The molecule has 112 heavy (non-hydrogen) atoms. The van der Waals surface area contributed by atoms with Crippen LogP contribution in [-0.2, 0) is 17.3 Å². The Morgan fingerprint density at radius 2 is 0.661 bits per heavy atom. The Balaban J connectivity index is 0.750. The number of benzene rings is 14. The number of hydrogen-bond donors (Lipinski definition) is 0. The van der Waals surface area contributed by atoms with Crippen LogP contribution in [0, 0.1) is 11.8 Å². The van der Waals surface area contributed by atoms with E-state index in [2.05, 4.69) is 391 Å². The fraction of sp³-hybridized carbons (Fsp3) is 0.189. The Hall–Kier alpha value is -11.3. The first-order chi connectivity index (χ1) is 55.2. The number of ether oxygens (including phenoxy) is 2. The van der Waals surface area contributed by atoms with Crippen LogP contribution in [0.2, 0.25) is 0 Å². The van der Waals surface area contributed by atoms with Gasteiger partial charge < -0.3 is 19.3 Å². The van der Waals surface area contributed by atoms with Gasteiger partial charge in [0.05, 0.1) is 24.0 Å². The van der Waals surface area contributed by atoms with Gasteiger partial charge in [-0.25, -0.2) is 0 Å². The van der Waals surface area contributed by atoms with Gasteiger partial charge in [0.15, 0.2) is 0 Å². The Bertz CT molecular complexity index is 5500. The highest BCUT2D eigenvalue weighted by molar-refractivity contribution is 7.99. The van der Waals surface area contributed by atoms with Gasteiger partial charge in [0, 0.05) is 53.7 Å². The van der Waals surface area contributed by atoms with E-state index in [9.17, 15) is 0 Å². The molecule has 14 aromatic carbocycles. The minimum atomic E-state index is -0.670. The number of para-hydroxylation sites is 2. The molecule has 0 N–H and O–H groups in total. The molecule has 556 valence electrons. The Morgan fingerprint density at radius 3 is 1.03 bits per heavy atom. The van der Waals surface area contributed by atoms with Gasteiger partial charge in [-0.3, -0.25) is 0 Å². The maximum absolute atomic E-state index is 6.64. The second-order valence-corrected chi connectivity index (χ2v) is 32.3. The van der Waals surface area contributed by atoms with E-state index in [4.69, 9.17) is 9.47 Å². The van der Waals surface area contributed by atoms with Gasteiger partial charge >= 0.3 is 0 Å². The van der Waals surface area contributed by atoms with Crippen molar-refractivity contribution in [3.8, 4) is 44.9 Å². The maximum Gasteiger partial charge on any atom is 0.119 e. The molecule has 0 saturated heterocycles. The van der Waals surface area contributed by atoms with Gasteiger partial charge in [0.25, 0.3) is 0 Å². The summed E-state index contributed by atoms with van der Waals surface area (Å²) in [6.45, 7) is 16.8. The predicted octanol–water partition coefficient (Wildman–Crippen LogP) is 29.7. The minimum absolute atomic E-state index is 0.527. The number of nitrogens with zero attached hydrogens (tertiary/aromatic N) is 2. The van der Waals surface area contributed by atoms with Gasteiger partial charge in [-0.15, -0.1) is 0 Å². The first-order valence-electron chi connectivity index (χ1n) is 40.5. The molecule has 0 amide bonds. The lowest BCUT2D eigenvalue weighted by Gasteiger charge is -2.35. The van der Waals surface area contributed by atoms with E-state index < -0.39 is 10.8 Å². The molecule has 4 atom stereocenters. The first-order valence-corrected chi connectivity index (χ1v) is 42.1. The molecule has 6 heteroatoms. The van der Waals surface area contributed by atoms with E-state index in [0.717, 1.165) is 94.8 Å². The topological polar surface area (TPSA) is 24.9 Å². The summed E-state index contributed by atoms with van der Waals surface area (Å²) in [5.74, 6) is 2.87. The molecule has 16 rings (SSSR count). The van der Waals surface area contributed by atoms with E-state index >= 15 is 0 Å². The van der Waals surface area contributed by atoms with Crippen LogP contribution in [0.5, 0.6) is 11.5 Å². The third kappa shape index (κ3) is 15.0. The Kier molecular flexibility index (Phi) is 22.8. The molecular weight excluding hydrogens is 1400 g/mol. The van der Waals surface area contributed by atoms with Crippen LogP contribution in [0.25, 0.3) is 39.5 Å². The van der Waals surface area contributed by atoms with Gasteiger partial charge in [-0.2, -0.15) is 0 Å². The van der Waals surface area contributed by atoms with Crippen molar-refractivity contribution in [2.45, 2.75) is 123 Å². The second-order valence-electron chi connectivity index (χ2n) is 30.0. The summed E-state index contributed by atoms with van der Waals surface area (Å²) < 4.78 is 13.3. The molecule has 0 bridgehead atoms. The zero-order valence-corrected chi connectivity index (χ0v) is 66.7. The van der Waals surface area contributed by atoms with Crippen molar-refractivity contribution in [2.75, 3.05) is 23.0 Å². The van der Waals surface area contributed by atoms with Crippen molar-refractivity contribution in [3.05, 3.63) is 402 Å². The number of hydrogen-bond acceptors (Lipinski definition) is 6. The number of fused-ring (bicyclic) bond motifs is 6. The van der Waals surface area contributed by atoms with Gasteiger partial charge in [-0.05, 0) is 266 Å². The summed E-state index contributed by atoms with van der Waals surface area (Å²) in [4.78, 5) is 9.65. The molecule has 4 nitrogen and oxygen atoms in total. The number of anilines is 6. The van der Waals surface area contributed by atoms with Crippen LogP contribution in [0.3, 0.4) is 0 Å². The SMILES string of the molecule is C=Cc1ccc(Sc2ccc(C3(c4ccc(OCC(CC)CCCC)cc4)c4ccccc4-c4ccc(N(c5ccccc5)c5ccc(-c6ccc(N(c7ccccc7)c7ccc8c(c7)C(c7ccc(OCC(CC)CCCC)cc7)(c7ccc(Sc9ccc(CC)cc9)cc7)c7ccccc7-8)cc6)cc5)cc43)cc2)cc1.